The highest BCUT2D eigenvalue weighted by molar-refractivity contribution is 6.08. The van der Waals surface area contributed by atoms with Gasteiger partial charge in [0, 0.05) is 0 Å². The van der Waals surface area contributed by atoms with Gasteiger partial charge >= 0.3 is 0 Å². The average Bonchev–Trinajstić information content (AvgIpc) is 3.08. The first kappa shape index (κ1) is 26.1. The number of rotatable bonds is 7. The lowest BCUT2D eigenvalue weighted by Gasteiger charge is -2.26. The number of nitrogens with one attached hydrogen (secondary N) is 2. The van der Waals surface area contributed by atoms with Crippen LogP contribution in [0.5, 0.6) is 0 Å². The number of para-hydroxylation sites is 2. The molecule has 5 rings (SSSR count). The molecule has 2 N–H and O–H groups in total. The molecule has 7 nitrogen and oxygen atoms in total. The number of carbonyl (C=O) groups excluding carboxylic acids is 3. The Morgan fingerprint density at radius 1 is 0.872 bits per heavy atom. The van der Waals surface area contributed by atoms with E-state index in [-0.39, 0.29) is 30.7 Å². The van der Waals surface area contributed by atoms with Crippen molar-refractivity contribution in [2.75, 3.05) is 23.4 Å². The van der Waals surface area contributed by atoms with Crippen LogP contribution in [0, 0.1) is 0 Å². The second kappa shape index (κ2) is 11.5. The van der Waals surface area contributed by atoms with Crippen LogP contribution in [0.25, 0.3) is 10.8 Å². The van der Waals surface area contributed by atoms with Crippen LogP contribution in [0.4, 0.5) is 11.4 Å². The van der Waals surface area contributed by atoms with E-state index in [4.69, 9.17) is 0 Å². The van der Waals surface area contributed by atoms with Gasteiger partial charge in [0.05, 0.1) is 36.9 Å². The second-order valence-electron chi connectivity index (χ2n) is 9.79. The maximum atomic E-state index is 14.2. The minimum atomic E-state index is -0.921. The van der Waals surface area contributed by atoms with Crippen molar-refractivity contribution in [1.82, 2.24) is 10.6 Å². The fourth-order valence-electron chi connectivity index (χ4n) is 4.99. The topological polar surface area (TPSA) is 81.8 Å². The summed E-state index contributed by atoms with van der Waals surface area (Å²) in [6, 6.07) is 29.7. The number of fused-ring (bicyclic) bond motifs is 2. The van der Waals surface area contributed by atoms with E-state index in [1.54, 1.807) is 23.8 Å². The molecule has 0 fully saturated rings. The summed E-state index contributed by atoms with van der Waals surface area (Å²) in [6.45, 7) is 2.07. The lowest BCUT2D eigenvalue weighted by molar-refractivity contribution is -0.128. The summed E-state index contributed by atoms with van der Waals surface area (Å²) < 4.78 is 0. The quantitative estimate of drug-likeness (QED) is 0.385. The van der Waals surface area contributed by atoms with Crippen LogP contribution in [-0.4, -0.2) is 43.4 Å². The molecule has 0 radical (unpaired) electrons. The van der Waals surface area contributed by atoms with E-state index in [9.17, 15) is 14.4 Å². The maximum Gasteiger partial charge on any atom is 0.251 e. The van der Waals surface area contributed by atoms with Crippen LogP contribution in [-0.2, 0) is 27.3 Å². The van der Waals surface area contributed by atoms with Gasteiger partial charge in [-0.1, -0.05) is 84.9 Å². The van der Waals surface area contributed by atoms with Crippen LogP contribution in [0.15, 0.2) is 97.1 Å². The minimum absolute atomic E-state index is 0.0374. The summed E-state index contributed by atoms with van der Waals surface area (Å²) in [6.07, 6.45) is 0.181. The predicted molar refractivity (Wildman–Crippen MR) is 155 cm³/mol. The molecule has 39 heavy (non-hydrogen) atoms. The van der Waals surface area contributed by atoms with Crippen LogP contribution < -0.4 is 20.4 Å². The zero-order valence-corrected chi connectivity index (χ0v) is 22.1. The smallest absolute Gasteiger partial charge is 0.251 e. The van der Waals surface area contributed by atoms with Gasteiger partial charge in [-0.3, -0.25) is 14.4 Å². The molecule has 4 aromatic carbocycles. The van der Waals surface area contributed by atoms with Crippen LogP contribution in [0.3, 0.4) is 0 Å². The third-order valence-electron chi connectivity index (χ3n) is 7.24. The Morgan fingerprint density at radius 2 is 1.54 bits per heavy atom. The number of hydrogen-bond donors (Lipinski definition) is 2. The molecule has 0 saturated heterocycles. The molecule has 198 valence electrons. The van der Waals surface area contributed by atoms with E-state index >= 15 is 0 Å². The molecule has 0 aliphatic carbocycles. The summed E-state index contributed by atoms with van der Waals surface area (Å²) in [5.74, 6) is -0.709. The number of amides is 3. The van der Waals surface area contributed by atoms with E-state index in [0.29, 0.717) is 17.9 Å². The highest BCUT2D eigenvalue weighted by Gasteiger charge is 2.37. The number of nitrogens with zero attached hydrogens (tertiary/aromatic N) is 2. The molecule has 3 amide bonds. The van der Waals surface area contributed by atoms with Crippen molar-refractivity contribution in [3.8, 4) is 0 Å². The molecule has 0 spiro atoms. The lowest BCUT2D eigenvalue weighted by Crippen LogP contribution is -2.55. The Kier molecular flexibility index (Phi) is 7.70. The largest absolute Gasteiger partial charge is 0.341 e. The van der Waals surface area contributed by atoms with E-state index in [1.807, 2.05) is 97.1 Å². The molecule has 1 heterocycles. The summed E-state index contributed by atoms with van der Waals surface area (Å²) in [7, 11) is 1.69. The third-order valence-corrected chi connectivity index (χ3v) is 7.24. The molecule has 0 aromatic heterocycles. The van der Waals surface area contributed by atoms with Crippen molar-refractivity contribution in [3.63, 3.8) is 0 Å². The number of benzene rings is 4. The summed E-state index contributed by atoms with van der Waals surface area (Å²) in [5.41, 5.74) is 3.14. The Labute approximate surface area is 228 Å². The van der Waals surface area contributed by atoms with Crippen molar-refractivity contribution in [3.05, 3.63) is 108 Å². The zero-order chi connectivity index (χ0) is 27.4. The predicted octanol–water partition coefficient (Wildman–Crippen LogP) is 4.06. The van der Waals surface area contributed by atoms with Gasteiger partial charge in [-0.05, 0) is 48.0 Å². The lowest BCUT2D eigenvalue weighted by atomic mass is 10.0. The van der Waals surface area contributed by atoms with Gasteiger partial charge in [0.15, 0.2) is 0 Å². The van der Waals surface area contributed by atoms with E-state index < -0.39 is 12.1 Å². The normalized spacial score (nSPS) is 15.9. The zero-order valence-electron chi connectivity index (χ0n) is 22.1. The summed E-state index contributed by atoms with van der Waals surface area (Å²) in [4.78, 5) is 44.2. The molecule has 1 aliphatic rings. The Morgan fingerprint density at radius 3 is 2.31 bits per heavy atom. The first-order valence-electron chi connectivity index (χ1n) is 13.1. The van der Waals surface area contributed by atoms with Gasteiger partial charge < -0.3 is 20.4 Å². The highest BCUT2D eigenvalue weighted by atomic mass is 16.2. The van der Waals surface area contributed by atoms with Crippen LogP contribution in [0.1, 0.15) is 18.1 Å². The summed E-state index contributed by atoms with van der Waals surface area (Å²) >= 11 is 0. The van der Waals surface area contributed by atoms with Crippen LogP contribution >= 0.6 is 0 Å². The number of carbonyl (C=O) groups is 3. The molecule has 0 saturated carbocycles. The molecular formula is C32H32N4O3. The van der Waals surface area contributed by atoms with E-state index in [1.165, 1.54) is 0 Å². The van der Waals surface area contributed by atoms with Gasteiger partial charge in [0.1, 0.15) is 6.04 Å². The monoisotopic (exact) mass is 520 g/mol. The van der Waals surface area contributed by atoms with Crippen molar-refractivity contribution >= 4 is 39.9 Å². The fourth-order valence-corrected chi connectivity index (χ4v) is 4.99. The summed E-state index contributed by atoms with van der Waals surface area (Å²) in [5, 5.41) is 7.96. The fraction of sp³-hybridized carbons (Fsp3) is 0.219. The van der Waals surface area contributed by atoms with Gasteiger partial charge in [-0.2, -0.15) is 0 Å². The highest BCUT2D eigenvalue weighted by Crippen LogP contribution is 2.35. The third kappa shape index (κ3) is 5.54. The first-order valence-corrected chi connectivity index (χ1v) is 13.1. The average molecular weight is 521 g/mol. The Bertz CT molecular complexity index is 1500. The van der Waals surface area contributed by atoms with Gasteiger partial charge in [0.25, 0.3) is 5.91 Å². The van der Waals surface area contributed by atoms with Crippen molar-refractivity contribution in [2.24, 2.45) is 0 Å². The van der Waals surface area contributed by atoms with Crippen LogP contribution in [0.2, 0.25) is 0 Å². The van der Waals surface area contributed by atoms with Crippen molar-refractivity contribution in [1.29, 1.82) is 0 Å². The van der Waals surface area contributed by atoms with Gasteiger partial charge in [-0.25, -0.2) is 0 Å². The Balaban J connectivity index is 1.57. The molecule has 1 aliphatic heterocycles. The first-order chi connectivity index (χ1) is 19.0. The number of anilines is 2. The molecule has 2 atom stereocenters. The maximum absolute atomic E-state index is 14.2. The number of likely N-dealkylation sites (N-methyl/N-ethyl adjacent to an activating group) is 1. The van der Waals surface area contributed by atoms with Crippen molar-refractivity contribution in [2.45, 2.75) is 32.0 Å². The molecule has 0 bridgehead atoms. The molecule has 2 unspecified atom stereocenters. The Hall–Kier alpha value is -4.49. The molecular weight excluding hydrogens is 488 g/mol. The molecule has 7 heteroatoms. The standard InChI is InChI=1S/C32H32N4O3/c1-22(33-2)31(38)34-27-21-35(30(37)19-23-11-4-3-5-12-23)28-17-8-9-18-29(28)36(32(27)39)20-25-15-10-14-24-13-6-7-16-26(24)25/h3-18,22,27,33H,19-21H2,1-2H3,(H,34,38). The van der Waals surface area contributed by atoms with E-state index in [0.717, 1.165) is 21.9 Å². The van der Waals surface area contributed by atoms with E-state index in [2.05, 4.69) is 10.6 Å². The number of hydrogen-bond acceptors (Lipinski definition) is 4. The van der Waals surface area contributed by atoms with Gasteiger partial charge in [-0.15, -0.1) is 0 Å². The SMILES string of the molecule is CNC(C)C(=O)NC1CN(C(=O)Cc2ccccc2)c2ccccc2N(Cc2cccc3ccccc23)C1=O. The molecule has 4 aromatic rings. The van der Waals surface area contributed by atoms with Gasteiger partial charge in [0.2, 0.25) is 11.8 Å². The minimum Gasteiger partial charge on any atom is -0.341 e. The van der Waals surface area contributed by atoms with Crippen molar-refractivity contribution < 1.29 is 14.4 Å². The second-order valence-corrected chi connectivity index (χ2v) is 9.79.